The summed E-state index contributed by atoms with van der Waals surface area (Å²) in [6.45, 7) is -0.577. The van der Waals surface area contributed by atoms with E-state index in [4.69, 9.17) is 28.8 Å². The zero-order valence-electron chi connectivity index (χ0n) is 21.8. The number of carboxylic acids is 1. The van der Waals surface area contributed by atoms with Crippen molar-refractivity contribution in [3.05, 3.63) is 0 Å². The van der Waals surface area contributed by atoms with Crippen molar-refractivity contribution in [2.45, 2.75) is 118 Å². The molecule has 0 aromatic carbocycles. The Labute approximate surface area is 225 Å². The number of aliphatic hydroxyl groups excluding tert-OH is 6. The second-order valence-electron chi connectivity index (χ2n) is 11.2. The maximum Gasteiger partial charge on any atom is 0.317 e. The first-order valence-corrected chi connectivity index (χ1v) is 13.5. The van der Waals surface area contributed by atoms with E-state index in [1.54, 1.807) is 0 Å². The van der Waals surface area contributed by atoms with Crippen LogP contribution in [0.4, 0.5) is 0 Å². The molecule has 4 aliphatic rings. The van der Waals surface area contributed by atoms with E-state index in [1.807, 2.05) is 0 Å². The SMILES string of the molecule is COC1CC(C2[OH+]C3CC(O)CC(O)C3CC2OC2OC(COC(=O)CC(=O)O)C(O)C(O)C2O)CCC1O. The number of hydrogen-bond donors (Lipinski definition) is 7. The number of fused-ring (bicyclic) bond motifs is 1. The third kappa shape index (κ3) is 7.07. The zero-order chi connectivity index (χ0) is 28.4. The van der Waals surface area contributed by atoms with E-state index in [1.165, 1.54) is 7.11 Å². The van der Waals surface area contributed by atoms with Gasteiger partial charge in [-0.15, -0.1) is 0 Å². The Hall–Kier alpha value is -1.46. The van der Waals surface area contributed by atoms with Crippen molar-refractivity contribution < 1.29 is 69.0 Å². The van der Waals surface area contributed by atoms with E-state index in [-0.39, 0.29) is 24.4 Å². The summed E-state index contributed by atoms with van der Waals surface area (Å²) in [4.78, 5) is 22.4. The number of ether oxygens (including phenoxy) is 5. The second kappa shape index (κ2) is 13.0. The molecule has 2 saturated heterocycles. The Kier molecular flexibility index (Phi) is 10.2. The molecule has 14 atom stereocenters. The maximum absolute atomic E-state index is 11.7. The van der Waals surface area contributed by atoms with Crippen LogP contribution in [0.15, 0.2) is 0 Å². The van der Waals surface area contributed by atoms with Crippen molar-refractivity contribution in [2.75, 3.05) is 13.7 Å². The molecule has 224 valence electrons. The molecule has 0 aromatic rings. The molecule has 14 nitrogen and oxygen atoms in total. The van der Waals surface area contributed by atoms with E-state index in [0.717, 1.165) is 0 Å². The average Bonchev–Trinajstić information content (AvgIpc) is 2.88. The highest BCUT2D eigenvalue weighted by atomic mass is 16.7. The van der Waals surface area contributed by atoms with Crippen molar-refractivity contribution in [2.24, 2.45) is 11.8 Å². The van der Waals surface area contributed by atoms with Gasteiger partial charge in [-0.1, -0.05) is 0 Å². The maximum atomic E-state index is 11.7. The Morgan fingerprint density at radius 1 is 0.897 bits per heavy atom. The lowest BCUT2D eigenvalue weighted by Gasteiger charge is -2.48. The van der Waals surface area contributed by atoms with Gasteiger partial charge in [-0.05, 0) is 25.7 Å². The minimum absolute atomic E-state index is 0.0791. The molecule has 2 heterocycles. The quantitative estimate of drug-likeness (QED) is 0.0896. The van der Waals surface area contributed by atoms with Crippen molar-refractivity contribution >= 4 is 11.9 Å². The minimum atomic E-state index is -1.71. The van der Waals surface area contributed by atoms with Crippen LogP contribution in [0.1, 0.15) is 44.9 Å². The van der Waals surface area contributed by atoms with Gasteiger partial charge in [0.15, 0.2) is 18.5 Å². The first-order chi connectivity index (χ1) is 18.5. The van der Waals surface area contributed by atoms with Crippen LogP contribution in [0.25, 0.3) is 0 Å². The number of esters is 1. The van der Waals surface area contributed by atoms with E-state index in [9.17, 15) is 40.2 Å². The van der Waals surface area contributed by atoms with E-state index in [2.05, 4.69) is 0 Å². The smallest absolute Gasteiger partial charge is 0.317 e. The van der Waals surface area contributed by atoms with Crippen LogP contribution < -0.4 is 0 Å². The largest absolute Gasteiger partial charge is 0.481 e. The summed E-state index contributed by atoms with van der Waals surface area (Å²) < 4.78 is 27.2. The first-order valence-electron chi connectivity index (χ1n) is 13.5. The molecule has 0 spiro atoms. The summed E-state index contributed by atoms with van der Waals surface area (Å²) in [5.41, 5.74) is 0. The lowest BCUT2D eigenvalue weighted by molar-refractivity contribution is -0.356. The molecular weight excluding hydrogens is 524 g/mol. The topological polar surface area (TPSA) is 225 Å². The van der Waals surface area contributed by atoms with Gasteiger partial charge < -0.3 is 59.4 Å². The molecular formula is C25H41O14+. The fraction of sp³-hybridized carbons (Fsp3) is 0.920. The van der Waals surface area contributed by atoms with Crippen LogP contribution in [0.5, 0.6) is 0 Å². The van der Waals surface area contributed by atoms with Gasteiger partial charge >= 0.3 is 11.9 Å². The molecule has 2 aliphatic heterocycles. The normalized spacial score (nSPS) is 46.7. The molecule has 4 fully saturated rings. The van der Waals surface area contributed by atoms with Crippen LogP contribution in [0.3, 0.4) is 0 Å². The molecule has 0 aromatic heterocycles. The zero-order valence-corrected chi connectivity index (χ0v) is 21.8. The van der Waals surface area contributed by atoms with Crippen LogP contribution in [-0.2, 0) is 28.5 Å². The predicted molar refractivity (Wildman–Crippen MR) is 128 cm³/mol. The summed E-state index contributed by atoms with van der Waals surface area (Å²) in [6, 6.07) is 0. The Balaban J connectivity index is 1.50. The minimum Gasteiger partial charge on any atom is -0.481 e. The van der Waals surface area contributed by atoms with Crippen LogP contribution in [-0.4, -0.2) is 140 Å². The number of aliphatic hydroxyl groups is 8. The van der Waals surface area contributed by atoms with Crippen molar-refractivity contribution in [3.8, 4) is 0 Å². The van der Waals surface area contributed by atoms with Gasteiger partial charge in [0.25, 0.3) is 0 Å². The number of carboxylic acid groups (broad SMARTS) is 1. The molecule has 14 heteroatoms. The molecule has 2 aliphatic carbocycles. The molecule has 39 heavy (non-hydrogen) atoms. The van der Waals surface area contributed by atoms with E-state index < -0.39 is 92.3 Å². The van der Waals surface area contributed by atoms with E-state index >= 15 is 0 Å². The van der Waals surface area contributed by atoms with Gasteiger partial charge in [0.2, 0.25) is 0 Å². The lowest BCUT2D eigenvalue weighted by atomic mass is 9.72. The van der Waals surface area contributed by atoms with Crippen molar-refractivity contribution in [1.82, 2.24) is 0 Å². The highest BCUT2D eigenvalue weighted by molar-refractivity contribution is 5.90. The molecule has 8 N–H and O–H groups in total. The fourth-order valence-corrected chi connectivity index (χ4v) is 6.43. The average molecular weight is 566 g/mol. The van der Waals surface area contributed by atoms with Crippen LogP contribution >= 0.6 is 0 Å². The van der Waals surface area contributed by atoms with Crippen molar-refractivity contribution in [1.29, 1.82) is 0 Å². The van der Waals surface area contributed by atoms with Gasteiger partial charge in [0.1, 0.15) is 43.5 Å². The highest BCUT2D eigenvalue weighted by Gasteiger charge is 2.55. The lowest BCUT2D eigenvalue weighted by Crippen LogP contribution is -2.63. The summed E-state index contributed by atoms with van der Waals surface area (Å²) in [5.74, 6) is -2.85. The third-order valence-electron chi connectivity index (χ3n) is 8.53. The monoisotopic (exact) mass is 565 g/mol. The fourth-order valence-electron chi connectivity index (χ4n) is 6.43. The summed E-state index contributed by atoms with van der Waals surface area (Å²) in [5, 5.41) is 71.5. The number of carbonyl (C=O) groups excluding carboxylic acids is 1. The van der Waals surface area contributed by atoms with Gasteiger partial charge in [0, 0.05) is 25.9 Å². The first kappa shape index (κ1) is 30.5. The number of rotatable bonds is 8. The van der Waals surface area contributed by atoms with Crippen LogP contribution in [0, 0.1) is 11.8 Å². The van der Waals surface area contributed by atoms with Gasteiger partial charge in [-0.3, -0.25) is 9.59 Å². The summed E-state index contributed by atoms with van der Waals surface area (Å²) in [6.07, 6.45) is -10.1. The predicted octanol–water partition coefficient (Wildman–Crippen LogP) is -2.83. The molecule has 0 bridgehead atoms. The van der Waals surface area contributed by atoms with Gasteiger partial charge in [0.05, 0.1) is 30.3 Å². The number of carbonyl (C=O) groups is 2. The Morgan fingerprint density at radius 2 is 1.64 bits per heavy atom. The van der Waals surface area contributed by atoms with Crippen LogP contribution in [0.2, 0.25) is 0 Å². The number of hydrogen-bond acceptors (Lipinski definition) is 12. The number of aliphatic carboxylic acids is 1. The van der Waals surface area contributed by atoms with Gasteiger partial charge in [-0.25, -0.2) is 0 Å². The Morgan fingerprint density at radius 3 is 2.33 bits per heavy atom. The third-order valence-corrected chi connectivity index (χ3v) is 8.53. The molecule has 0 radical (unpaired) electrons. The van der Waals surface area contributed by atoms with Gasteiger partial charge in [-0.2, -0.15) is 0 Å². The molecule has 4 rings (SSSR count). The Bertz CT molecular complexity index is 842. The standard InChI is InChI=1S/C25H40O14/c1-35-16-4-10(2-3-13(16)27)24-17(7-12-14(28)5-11(26)6-15(12)37-24)38-25-23(34)22(33)21(32)18(39-25)9-36-20(31)8-19(29)30/h10-18,21-28,32-34H,2-9H2,1H3,(H,29,30)/p+1. The summed E-state index contributed by atoms with van der Waals surface area (Å²) >= 11 is 0. The second-order valence-corrected chi connectivity index (χ2v) is 11.2. The van der Waals surface area contributed by atoms with E-state index in [0.29, 0.717) is 32.1 Å². The molecule has 0 amide bonds. The number of methoxy groups -OCH3 is 1. The summed E-state index contributed by atoms with van der Waals surface area (Å²) in [7, 11) is 1.52. The highest BCUT2D eigenvalue weighted by Crippen LogP contribution is 2.42. The van der Waals surface area contributed by atoms with Crippen molar-refractivity contribution in [3.63, 3.8) is 0 Å². The molecule has 2 saturated carbocycles. The molecule has 14 unspecified atom stereocenters.